The van der Waals surface area contributed by atoms with Crippen LogP contribution in [0.1, 0.15) is 11.5 Å². The second kappa shape index (κ2) is 4.53. The second-order valence-corrected chi connectivity index (χ2v) is 5.57. The zero-order valence-electron chi connectivity index (χ0n) is 10.8. The molecule has 1 heterocycles. The van der Waals surface area contributed by atoms with Crippen LogP contribution in [0.3, 0.4) is 0 Å². The molecule has 2 heteroatoms. The number of hydrogen-bond acceptors (Lipinski definition) is 1. The summed E-state index contributed by atoms with van der Waals surface area (Å²) in [6, 6.07) is 16.6. The molecular weight excluding hydrogens is 268 g/mol. The maximum atomic E-state index is 6.44. The SMILES string of the molecule is ClC1C=CC=C2Oc3c(-c4ccccc4)cccc3C21. The van der Waals surface area contributed by atoms with Crippen LogP contribution in [0.5, 0.6) is 5.75 Å². The number of ether oxygens (including phenoxy) is 1. The number of rotatable bonds is 1. The van der Waals surface area contributed by atoms with Crippen LogP contribution < -0.4 is 4.74 Å². The summed E-state index contributed by atoms with van der Waals surface area (Å²) in [4.78, 5) is 0. The van der Waals surface area contributed by atoms with Crippen molar-refractivity contribution in [1.29, 1.82) is 0 Å². The van der Waals surface area contributed by atoms with E-state index in [9.17, 15) is 0 Å². The summed E-state index contributed by atoms with van der Waals surface area (Å²) in [6.07, 6.45) is 6.00. The molecule has 2 unspecified atom stereocenters. The fourth-order valence-electron chi connectivity index (χ4n) is 2.93. The zero-order valence-corrected chi connectivity index (χ0v) is 11.5. The van der Waals surface area contributed by atoms with Gasteiger partial charge in [-0.2, -0.15) is 0 Å². The predicted molar refractivity (Wildman–Crippen MR) is 82.1 cm³/mol. The van der Waals surface area contributed by atoms with E-state index in [2.05, 4.69) is 30.3 Å². The van der Waals surface area contributed by atoms with Gasteiger partial charge in [0.1, 0.15) is 11.5 Å². The fourth-order valence-corrected chi connectivity index (χ4v) is 3.27. The Kier molecular flexibility index (Phi) is 2.68. The van der Waals surface area contributed by atoms with Gasteiger partial charge in [-0.1, -0.05) is 60.7 Å². The van der Waals surface area contributed by atoms with Crippen molar-refractivity contribution in [2.75, 3.05) is 0 Å². The lowest BCUT2D eigenvalue weighted by molar-refractivity contribution is 0.427. The molecular formula is C18H13ClO. The van der Waals surface area contributed by atoms with E-state index >= 15 is 0 Å². The highest BCUT2D eigenvalue weighted by Crippen LogP contribution is 2.49. The van der Waals surface area contributed by atoms with Crippen molar-refractivity contribution in [1.82, 2.24) is 0 Å². The van der Waals surface area contributed by atoms with Crippen LogP contribution in [0.2, 0.25) is 0 Å². The molecule has 0 aromatic heterocycles. The molecule has 2 aromatic rings. The molecule has 1 aliphatic heterocycles. The summed E-state index contributed by atoms with van der Waals surface area (Å²) in [5.41, 5.74) is 3.48. The van der Waals surface area contributed by atoms with Crippen LogP contribution in [0.4, 0.5) is 0 Å². The maximum Gasteiger partial charge on any atom is 0.138 e. The number of alkyl halides is 1. The molecule has 4 rings (SSSR count). The molecule has 2 aliphatic rings. The van der Waals surface area contributed by atoms with E-state index in [0.717, 1.165) is 17.1 Å². The standard InChI is InChI=1S/C18H13ClO/c19-15-10-5-11-16-17(15)14-9-4-8-13(18(14)20-16)12-6-2-1-3-7-12/h1-11,15,17H. The normalized spacial score (nSPS) is 22.8. The Morgan fingerprint density at radius 3 is 2.65 bits per heavy atom. The van der Waals surface area contributed by atoms with Crippen LogP contribution in [0.25, 0.3) is 11.1 Å². The molecule has 0 saturated carbocycles. The Morgan fingerprint density at radius 2 is 1.80 bits per heavy atom. The quantitative estimate of drug-likeness (QED) is 0.676. The number of para-hydroxylation sites is 1. The zero-order chi connectivity index (χ0) is 13.5. The Bertz CT molecular complexity index is 715. The van der Waals surface area contributed by atoms with Crippen molar-refractivity contribution in [3.05, 3.63) is 78.1 Å². The molecule has 0 radical (unpaired) electrons. The first-order valence-corrected chi connectivity index (χ1v) is 7.17. The van der Waals surface area contributed by atoms with Gasteiger partial charge in [0.05, 0.1) is 11.3 Å². The minimum Gasteiger partial charge on any atom is -0.460 e. The molecule has 2 atom stereocenters. The van der Waals surface area contributed by atoms with Crippen molar-refractivity contribution in [2.24, 2.45) is 0 Å². The second-order valence-electron chi connectivity index (χ2n) is 5.07. The van der Waals surface area contributed by atoms with Crippen LogP contribution >= 0.6 is 11.6 Å². The van der Waals surface area contributed by atoms with Crippen LogP contribution in [0.15, 0.2) is 72.5 Å². The minimum absolute atomic E-state index is 0.0396. The number of benzene rings is 2. The van der Waals surface area contributed by atoms with Crippen LogP contribution in [0, 0.1) is 0 Å². The number of halogens is 1. The van der Waals surface area contributed by atoms with Gasteiger partial charge in [-0.15, -0.1) is 11.6 Å². The summed E-state index contributed by atoms with van der Waals surface area (Å²) in [6.45, 7) is 0. The van der Waals surface area contributed by atoms with Crippen LogP contribution in [-0.4, -0.2) is 5.38 Å². The van der Waals surface area contributed by atoms with Gasteiger partial charge in [0, 0.05) is 11.1 Å². The topological polar surface area (TPSA) is 9.23 Å². The molecule has 0 saturated heterocycles. The summed E-state index contributed by atoms with van der Waals surface area (Å²) in [5, 5.41) is -0.0396. The van der Waals surface area contributed by atoms with Crippen LogP contribution in [-0.2, 0) is 0 Å². The highest BCUT2D eigenvalue weighted by atomic mass is 35.5. The van der Waals surface area contributed by atoms with Gasteiger partial charge in [0.15, 0.2) is 0 Å². The average molecular weight is 281 g/mol. The van der Waals surface area contributed by atoms with Crippen molar-refractivity contribution < 1.29 is 4.74 Å². The van der Waals surface area contributed by atoms with E-state index in [-0.39, 0.29) is 11.3 Å². The molecule has 98 valence electrons. The summed E-state index contributed by atoms with van der Waals surface area (Å²) >= 11 is 6.44. The first-order chi connectivity index (χ1) is 9.84. The van der Waals surface area contributed by atoms with Gasteiger partial charge in [-0.25, -0.2) is 0 Å². The van der Waals surface area contributed by atoms with E-state index in [0.29, 0.717) is 0 Å². The summed E-state index contributed by atoms with van der Waals surface area (Å²) < 4.78 is 6.09. The van der Waals surface area contributed by atoms with Gasteiger partial charge in [0.25, 0.3) is 0 Å². The summed E-state index contributed by atoms with van der Waals surface area (Å²) in [5.74, 6) is 2.04. The van der Waals surface area contributed by atoms with E-state index in [1.54, 1.807) is 0 Å². The Balaban J connectivity index is 1.89. The first-order valence-electron chi connectivity index (χ1n) is 6.73. The van der Waals surface area contributed by atoms with Gasteiger partial charge >= 0.3 is 0 Å². The van der Waals surface area contributed by atoms with E-state index in [1.165, 1.54) is 11.1 Å². The Morgan fingerprint density at radius 1 is 0.950 bits per heavy atom. The minimum atomic E-state index is -0.0396. The maximum absolute atomic E-state index is 6.44. The Labute approximate surface area is 123 Å². The molecule has 1 aliphatic carbocycles. The van der Waals surface area contributed by atoms with Gasteiger partial charge in [-0.05, 0) is 11.6 Å². The van der Waals surface area contributed by atoms with Crippen molar-refractivity contribution >= 4 is 11.6 Å². The number of fused-ring (bicyclic) bond motifs is 3. The summed E-state index contributed by atoms with van der Waals surface area (Å²) in [7, 11) is 0. The number of allylic oxidation sites excluding steroid dienone is 4. The van der Waals surface area contributed by atoms with E-state index < -0.39 is 0 Å². The van der Waals surface area contributed by atoms with Crippen molar-refractivity contribution in [3.63, 3.8) is 0 Å². The fraction of sp³-hybridized carbons (Fsp3) is 0.111. The molecule has 0 fully saturated rings. The van der Waals surface area contributed by atoms with Crippen molar-refractivity contribution in [2.45, 2.75) is 11.3 Å². The third kappa shape index (κ3) is 1.70. The highest BCUT2D eigenvalue weighted by Gasteiger charge is 2.36. The Hall–Kier alpha value is -1.99. The van der Waals surface area contributed by atoms with Gasteiger partial charge in [0.2, 0.25) is 0 Å². The van der Waals surface area contributed by atoms with E-state index in [4.69, 9.17) is 16.3 Å². The third-order valence-electron chi connectivity index (χ3n) is 3.87. The van der Waals surface area contributed by atoms with Crippen molar-refractivity contribution in [3.8, 4) is 16.9 Å². The highest BCUT2D eigenvalue weighted by molar-refractivity contribution is 6.22. The third-order valence-corrected chi connectivity index (χ3v) is 4.26. The monoisotopic (exact) mass is 280 g/mol. The molecule has 2 aromatic carbocycles. The molecule has 1 nitrogen and oxygen atoms in total. The number of hydrogen-bond donors (Lipinski definition) is 0. The lowest BCUT2D eigenvalue weighted by Crippen LogP contribution is -2.12. The molecule has 0 amide bonds. The van der Waals surface area contributed by atoms with Gasteiger partial charge in [-0.3, -0.25) is 0 Å². The van der Waals surface area contributed by atoms with Gasteiger partial charge < -0.3 is 4.74 Å². The smallest absolute Gasteiger partial charge is 0.138 e. The lowest BCUT2D eigenvalue weighted by Gasteiger charge is -2.16. The first kappa shape index (κ1) is 11.8. The predicted octanol–water partition coefficient (Wildman–Crippen LogP) is 4.89. The lowest BCUT2D eigenvalue weighted by atomic mass is 9.90. The average Bonchev–Trinajstić information content (AvgIpc) is 2.88. The van der Waals surface area contributed by atoms with E-state index in [1.807, 2.05) is 36.4 Å². The molecule has 0 N–H and O–H groups in total. The largest absolute Gasteiger partial charge is 0.460 e. The molecule has 0 bridgehead atoms. The molecule has 20 heavy (non-hydrogen) atoms. The molecule has 0 spiro atoms.